The van der Waals surface area contributed by atoms with Gasteiger partial charge in [0, 0.05) is 19.0 Å². The molecule has 0 saturated carbocycles. The lowest BCUT2D eigenvalue weighted by Crippen LogP contribution is -2.27. The number of tetrazole rings is 1. The van der Waals surface area contributed by atoms with Crippen LogP contribution in [0, 0.1) is 0 Å². The third kappa shape index (κ3) is 4.07. The van der Waals surface area contributed by atoms with Crippen molar-refractivity contribution < 1.29 is 15.0 Å². The van der Waals surface area contributed by atoms with Crippen molar-refractivity contribution >= 4 is 5.91 Å². The van der Waals surface area contributed by atoms with Gasteiger partial charge in [0.2, 0.25) is 11.7 Å². The quantitative estimate of drug-likeness (QED) is 0.583. The van der Waals surface area contributed by atoms with E-state index in [2.05, 4.69) is 25.9 Å². The molecular weight excluding hydrogens is 274 g/mol. The minimum absolute atomic E-state index is 0.166. The van der Waals surface area contributed by atoms with Crippen LogP contribution >= 0.6 is 0 Å². The molecule has 1 aromatic heterocycles. The van der Waals surface area contributed by atoms with E-state index in [0.29, 0.717) is 17.9 Å². The highest BCUT2D eigenvalue weighted by Gasteiger charge is 2.18. The molecule has 2 unspecified atom stereocenters. The van der Waals surface area contributed by atoms with E-state index in [9.17, 15) is 15.0 Å². The summed E-state index contributed by atoms with van der Waals surface area (Å²) in [6.45, 7) is 1.72. The molecule has 0 aliphatic heterocycles. The van der Waals surface area contributed by atoms with Crippen molar-refractivity contribution in [2.24, 2.45) is 0 Å². The molecule has 21 heavy (non-hydrogen) atoms. The Morgan fingerprint density at radius 2 is 2.05 bits per heavy atom. The van der Waals surface area contributed by atoms with Gasteiger partial charge in [-0.3, -0.25) is 4.79 Å². The van der Waals surface area contributed by atoms with Crippen molar-refractivity contribution in [2.45, 2.75) is 25.6 Å². The molecule has 2 atom stereocenters. The molecule has 0 bridgehead atoms. The average molecular weight is 291 g/mol. The Labute approximate surface area is 121 Å². The molecule has 0 saturated heterocycles. The second-order valence-electron chi connectivity index (χ2n) is 4.64. The molecule has 8 nitrogen and oxygen atoms in total. The fraction of sp³-hybridized carbons (Fsp3) is 0.385. The van der Waals surface area contributed by atoms with Crippen molar-refractivity contribution in [3.8, 4) is 11.4 Å². The van der Waals surface area contributed by atoms with Crippen LogP contribution in [0.4, 0.5) is 0 Å². The van der Waals surface area contributed by atoms with Crippen molar-refractivity contribution in [1.82, 2.24) is 25.9 Å². The van der Waals surface area contributed by atoms with E-state index >= 15 is 0 Å². The van der Waals surface area contributed by atoms with Gasteiger partial charge in [-0.15, -0.1) is 10.2 Å². The van der Waals surface area contributed by atoms with E-state index < -0.39 is 12.2 Å². The summed E-state index contributed by atoms with van der Waals surface area (Å²) in [5, 5.41) is 36.1. The Balaban J connectivity index is 1.96. The van der Waals surface area contributed by atoms with Crippen molar-refractivity contribution in [3.63, 3.8) is 0 Å². The lowest BCUT2D eigenvalue weighted by atomic mass is 10.0. The van der Waals surface area contributed by atoms with Crippen LogP contribution in [0.25, 0.3) is 11.4 Å². The smallest absolute Gasteiger partial charge is 0.216 e. The fourth-order valence-corrected chi connectivity index (χ4v) is 1.89. The number of hydrogen-bond acceptors (Lipinski definition) is 6. The lowest BCUT2D eigenvalue weighted by Gasteiger charge is -2.18. The largest absolute Gasteiger partial charge is 0.390 e. The summed E-state index contributed by atoms with van der Waals surface area (Å²) >= 11 is 0. The van der Waals surface area contributed by atoms with Gasteiger partial charge < -0.3 is 15.5 Å². The van der Waals surface area contributed by atoms with E-state index in [1.54, 1.807) is 24.3 Å². The first kappa shape index (κ1) is 15.1. The van der Waals surface area contributed by atoms with Gasteiger partial charge in [0.1, 0.15) is 6.10 Å². The molecule has 0 aliphatic carbocycles. The Morgan fingerprint density at radius 3 is 2.62 bits per heavy atom. The molecule has 8 heteroatoms. The number of rotatable bonds is 6. The van der Waals surface area contributed by atoms with Crippen LogP contribution < -0.4 is 5.32 Å². The van der Waals surface area contributed by atoms with Crippen LogP contribution in [-0.4, -0.2) is 49.4 Å². The molecule has 1 amide bonds. The zero-order chi connectivity index (χ0) is 15.2. The van der Waals surface area contributed by atoms with Gasteiger partial charge >= 0.3 is 0 Å². The number of carbonyl (C=O) groups excluding carboxylic acids is 1. The average Bonchev–Trinajstić information content (AvgIpc) is 3.00. The topological polar surface area (TPSA) is 124 Å². The van der Waals surface area contributed by atoms with Crippen LogP contribution in [0.1, 0.15) is 25.0 Å². The summed E-state index contributed by atoms with van der Waals surface area (Å²) in [4.78, 5) is 10.7. The van der Waals surface area contributed by atoms with Gasteiger partial charge in [-0.1, -0.05) is 24.3 Å². The number of aromatic nitrogens is 4. The van der Waals surface area contributed by atoms with Crippen molar-refractivity contribution in [3.05, 3.63) is 29.8 Å². The second kappa shape index (κ2) is 6.91. The predicted octanol–water partition coefficient (Wildman–Crippen LogP) is -0.213. The number of carbonyl (C=O) groups is 1. The van der Waals surface area contributed by atoms with E-state index in [1.807, 2.05) is 0 Å². The number of hydrogen-bond donors (Lipinski definition) is 4. The highest BCUT2D eigenvalue weighted by atomic mass is 16.3. The third-order valence-electron chi connectivity index (χ3n) is 3.03. The Bertz CT molecular complexity index is 570. The maximum atomic E-state index is 10.7. The highest BCUT2D eigenvalue weighted by Crippen LogP contribution is 2.21. The minimum atomic E-state index is -1.02. The van der Waals surface area contributed by atoms with Crippen molar-refractivity contribution in [2.75, 3.05) is 6.54 Å². The number of aliphatic hydroxyl groups excluding tert-OH is 2. The molecule has 0 spiro atoms. The van der Waals surface area contributed by atoms with Crippen LogP contribution in [0.15, 0.2) is 24.3 Å². The van der Waals surface area contributed by atoms with Crippen LogP contribution in [0.3, 0.4) is 0 Å². The van der Waals surface area contributed by atoms with E-state index in [0.717, 1.165) is 5.56 Å². The number of aromatic amines is 1. The molecule has 2 aromatic rings. The first-order valence-electron chi connectivity index (χ1n) is 6.52. The summed E-state index contributed by atoms with van der Waals surface area (Å²) in [7, 11) is 0. The Morgan fingerprint density at radius 1 is 1.33 bits per heavy atom. The zero-order valence-electron chi connectivity index (χ0n) is 11.5. The van der Waals surface area contributed by atoms with Gasteiger partial charge in [0.15, 0.2) is 0 Å². The first-order valence-corrected chi connectivity index (χ1v) is 6.52. The molecule has 0 fully saturated rings. The summed E-state index contributed by atoms with van der Waals surface area (Å²) < 4.78 is 0. The number of benzene rings is 1. The number of aliphatic hydroxyl groups is 2. The summed E-state index contributed by atoms with van der Waals surface area (Å²) in [6, 6.07) is 6.86. The maximum absolute atomic E-state index is 10.7. The van der Waals surface area contributed by atoms with Gasteiger partial charge in [0.25, 0.3) is 0 Å². The molecule has 0 radical (unpaired) electrons. The first-order chi connectivity index (χ1) is 10.1. The van der Waals surface area contributed by atoms with Crippen molar-refractivity contribution in [1.29, 1.82) is 0 Å². The number of H-pyrrole nitrogens is 1. The maximum Gasteiger partial charge on any atom is 0.216 e. The van der Waals surface area contributed by atoms with Gasteiger partial charge in [-0.2, -0.15) is 5.21 Å². The summed E-state index contributed by atoms with van der Waals surface area (Å²) in [5.74, 6) is 0.295. The predicted molar refractivity (Wildman–Crippen MR) is 73.9 cm³/mol. The lowest BCUT2D eigenvalue weighted by molar-refractivity contribution is -0.119. The van der Waals surface area contributed by atoms with Crippen LogP contribution in [-0.2, 0) is 4.79 Å². The third-order valence-corrected chi connectivity index (χ3v) is 3.03. The summed E-state index contributed by atoms with van der Waals surface area (Å²) in [6.07, 6.45) is -1.70. The monoisotopic (exact) mass is 291 g/mol. The summed E-state index contributed by atoms with van der Waals surface area (Å²) in [5.41, 5.74) is 1.34. The van der Waals surface area contributed by atoms with E-state index in [-0.39, 0.29) is 12.3 Å². The second-order valence-corrected chi connectivity index (χ2v) is 4.64. The molecule has 2 rings (SSSR count). The number of amides is 1. The van der Waals surface area contributed by atoms with Gasteiger partial charge in [-0.25, -0.2) is 0 Å². The fourth-order valence-electron chi connectivity index (χ4n) is 1.89. The van der Waals surface area contributed by atoms with E-state index in [1.165, 1.54) is 6.92 Å². The normalized spacial score (nSPS) is 13.7. The molecule has 112 valence electrons. The molecule has 0 aliphatic rings. The zero-order valence-corrected chi connectivity index (χ0v) is 11.5. The van der Waals surface area contributed by atoms with Gasteiger partial charge in [0.05, 0.1) is 6.10 Å². The van der Waals surface area contributed by atoms with Crippen LogP contribution in [0.5, 0.6) is 0 Å². The molecule has 1 aromatic carbocycles. The molecule has 1 heterocycles. The number of nitrogens with zero attached hydrogens (tertiary/aromatic N) is 3. The standard InChI is InChI=1S/C13H17N5O3/c1-8(19)14-7-6-11(20)12(21)9-2-4-10(5-3-9)13-15-17-18-16-13/h2-5,11-12,20-21H,6-7H2,1H3,(H,14,19)(H,15,16,17,18). The Hall–Kier alpha value is -2.32. The van der Waals surface area contributed by atoms with E-state index in [4.69, 9.17) is 0 Å². The number of nitrogens with one attached hydrogen (secondary N) is 2. The SMILES string of the molecule is CC(=O)NCCC(O)C(O)c1ccc(-c2nn[nH]n2)cc1. The molecular formula is C13H17N5O3. The Kier molecular flexibility index (Phi) is 4.96. The van der Waals surface area contributed by atoms with Crippen LogP contribution in [0.2, 0.25) is 0 Å². The highest BCUT2D eigenvalue weighted by molar-refractivity contribution is 5.72. The van der Waals surface area contributed by atoms with Gasteiger partial charge in [-0.05, 0) is 17.2 Å². The minimum Gasteiger partial charge on any atom is -0.390 e. The molecule has 4 N–H and O–H groups in total.